The first-order valence-electron chi connectivity index (χ1n) is 11.5. The second-order valence-electron chi connectivity index (χ2n) is 8.68. The van der Waals surface area contributed by atoms with Crippen molar-refractivity contribution in [2.45, 2.75) is 0 Å². The predicted molar refractivity (Wildman–Crippen MR) is 139 cm³/mol. The topological polar surface area (TPSA) is 127 Å². The molecule has 0 unspecified atom stereocenters. The number of nitrogens with zero attached hydrogens (tertiary/aromatic N) is 8. The van der Waals surface area contributed by atoms with E-state index in [0.717, 1.165) is 22.3 Å². The van der Waals surface area contributed by atoms with Crippen LogP contribution in [0.25, 0.3) is 60.6 Å². The molecule has 2 aliphatic rings. The first kappa shape index (κ1) is 21.1. The third kappa shape index (κ3) is 2.69. The van der Waals surface area contributed by atoms with E-state index >= 15 is 0 Å². The normalized spacial score (nSPS) is 13.4. The summed E-state index contributed by atoms with van der Waals surface area (Å²) in [6.07, 6.45) is 0. The molecule has 0 N–H and O–H groups in total. The molecule has 0 saturated carbocycles. The van der Waals surface area contributed by atoms with Crippen molar-refractivity contribution >= 4 is 33.2 Å². The second kappa shape index (κ2) is 7.64. The van der Waals surface area contributed by atoms with Gasteiger partial charge in [0.1, 0.15) is 17.7 Å². The van der Waals surface area contributed by atoms with E-state index in [0.29, 0.717) is 56.0 Å². The molecule has 5 aromatic rings. The molecule has 0 radical (unpaired) electrons. The van der Waals surface area contributed by atoms with E-state index in [1.54, 1.807) is 12.1 Å². The highest BCUT2D eigenvalue weighted by Crippen LogP contribution is 2.46. The molecule has 7 rings (SSSR count). The highest BCUT2D eigenvalue weighted by atomic mass is 14.9. The number of rotatable bonds is 0. The van der Waals surface area contributed by atoms with Gasteiger partial charge in [0.25, 0.3) is 5.70 Å². The van der Waals surface area contributed by atoms with E-state index in [9.17, 15) is 15.8 Å². The van der Waals surface area contributed by atoms with E-state index in [1.807, 2.05) is 66.7 Å². The lowest BCUT2D eigenvalue weighted by atomic mass is 10.0. The van der Waals surface area contributed by atoms with Crippen LogP contribution in [0.1, 0.15) is 22.5 Å². The van der Waals surface area contributed by atoms with Crippen LogP contribution in [0.2, 0.25) is 0 Å². The average Bonchev–Trinajstić information content (AvgIpc) is 3.44. The minimum atomic E-state index is -0.0371. The van der Waals surface area contributed by atoms with Crippen LogP contribution in [0.15, 0.2) is 71.9 Å². The molecule has 2 aromatic heterocycles. The van der Waals surface area contributed by atoms with Crippen molar-refractivity contribution in [3.63, 3.8) is 0 Å². The summed E-state index contributed by atoms with van der Waals surface area (Å²) < 4.78 is 0. The number of nitriles is 3. The molecule has 0 atom stereocenters. The van der Waals surface area contributed by atoms with E-state index in [-0.39, 0.29) is 11.3 Å². The van der Waals surface area contributed by atoms with Crippen molar-refractivity contribution in [1.29, 1.82) is 15.8 Å². The van der Waals surface area contributed by atoms with Gasteiger partial charge in [-0.3, -0.25) is 0 Å². The van der Waals surface area contributed by atoms with Gasteiger partial charge >= 0.3 is 0 Å². The van der Waals surface area contributed by atoms with Crippen LogP contribution in [0.5, 0.6) is 0 Å². The van der Waals surface area contributed by atoms with Crippen LogP contribution < -0.4 is 0 Å². The first-order valence-corrected chi connectivity index (χ1v) is 11.5. The van der Waals surface area contributed by atoms with Crippen LogP contribution in [-0.2, 0) is 0 Å². The maximum Gasteiger partial charge on any atom is 0.271 e. The van der Waals surface area contributed by atoms with Gasteiger partial charge in [0, 0.05) is 22.3 Å². The molecular formula is C30H10N8. The largest absolute Gasteiger partial charge is 0.271 e. The lowest BCUT2D eigenvalue weighted by Crippen LogP contribution is -1.97. The van der Waals surface area contributed by atoms with Crippen molar-refractivity contribution in [2.24, 2.45) is 0 Å². The number of fused-ring (bicyclic) bond motifs is 8. The van der Waals surface area contributed by atoms with Crippen LogP contribution in [0.4, 0.5) is 0 Å². The fourth-order valence-corrected chi connectivity index (χ4v) is 5.17. The van der Waals surface area contributed by atoms with Gasteiger partial charge in [-0.1, -0.05) is 48.5 Å². The SMILES string of the molecule is [C-]#[N+]/C(C#N)=C1/c2ccccc2-c2nc3cc4nc5c(nc4cc3nc21)-c1ccccc1C5=C(C#N)C#N. The summed E-state index contributed by atoms with van der Waals surface area (Å²) >= 11 is 0. The minimum absolute atomic E-state index is 0.0210. The van der Waals surface area contributed by atoms with Crippen molar-refractivity contribution in [2.75, 3.05) is 0 Å². The zero-order chi connectivity index (χ0) is 26.0. The summed E-state index contributed by atoms with van der Waals surface area (Å²) in [4.78, 5) is 22.9. The molecular weight excluding hydrogens is 472 g/mol. The van der Waals surface area contributed by atoms with Gasteiger partial charge in [-0.2, -0.15) is 10.5 Å². The zero-order valence-electron chi connectivity index (χ0n) is 19.4. The molecule has 0 aliphatic heterocycles. The van der Waals surface area contributed by atoms with E-state index in [4.69, 9.17) is 26.5 Å². The summed E-state index contributed by atoms with van der Waals surface area (Å²) in [5, 5.41) is 28.9. The average molecular weight is 482 g/mol. The number of benzene rings is 3. The molecule has 170 valence electrons. The summed E-state index contributed by atoms with van der Waals surface area (Å²) in [6.45, 7) is 7.52. The number of hydrogen-bond donors (Lipinski definition) is 0. The Morgan fingerprint density at radius 2 is 1.00 bits per heavy atom. The summed E-state index contributed by atoms with van der Waals surface area (Å²) in [7, 11) is 0. The van der Waals surface area contributed by atoms with Crippen LogP contribution in [0, 0.1) is 40.6 Å². The lowest BCUT2D eigenvalue weighted by Gasteiger charge is -2.07. The molecule has 0 amide bonds. The molecule has 38 heavy (non-hydrogen) atoms. The van der Waals surface area contributed by atoms with Gasteiger partial charge in [-0.25, -0.2) is 30.0 Å². The number of aromatic nitrogens is 4. The monoisotopic (exact) mass is 482 g/mol. The molecule has 0 bridgehead atoms. The van der Waals surface area contributed by atoms with Crippen LogP contribution in [-0.4, -0.2) is 19.9 Å². The number of allylic oxidation sites excluding steroid dienone is 2. The molecule has 8 heteroatoms. The van der Waals surface area contributed by atoms with Gasteiger partial charge < -0.3 is 0 Å². The van der Waals surface area contributed by atoms with Gasteiger partial charge in [0.2, 0.25) is 0 Å². The Hall–Kier alpha value is -6.22. The second-order valence-corrected chi connectivity index (χ2v) is 8.68. The molecule has 0 fully saturated rings. The van der Waals surface area contributed by atoms with Crippen LogP contribution in [0.3, 0.4) is 0 Å². The summed E-state index contributed by atoms with van der Waals surface area (Å²) in [6, 6.07) is 24.5. The fourth-order valence-electron chi connectivity index (χ4n) is 5.17. The quantitative estimate of drug-likeness (QED) is 0.157. The Labute approximate surface area is 215 Å². The smallest absolute Gasteiger partial charge is 0.245 e. The van der Waals surface area contributed by atoms with Crippen LogP contribution >= 0.6 is 0 Å². The first-order chi connectivity index (χ1) is 18.7. The molecule has 0 saturated heterocycles. The molecule has 8 nitrogen and oxygen atoms in total. The molecule has 2 aliphatic carbocycles. The van der Waals surface area contributed by atoms with Gasteiger partial charge in [-0.05, 0) is 23.3 Å². The minimum Gasteiger partial charge on any atom is -0.245 e. The number of hydrogen-bond acceptors (Lipinski definition) is 7. The Morgan fingerprint density at radius 1 is 0.579 bits per heavy atom. The third-order valence-corrected chi connectivity index (χ3v) is 6.75. The van der Waals surface area contributed by atoms with Crippen molar-refractivity contribution in [1.82, 2.24) is 19.9 Å². The fraction of sp³-hybridized carbons (Fsp3) is 0. The Bertz CT molecular complexity index is 1990. The molecule has 0 spiro atoms. The zero-order valence-corrected chi connectivity index (χ0v) is 19.4. The van der Waals surface area contributed by atoms with E-state index in [1.165, 1.54) is 0 Å². The Morgan fingerprint density at radius 3 is 1.45 bits per heavy atom. The van der Waals surface area contributed by atoms with Gasteiger partial charge in [-0.15, -0.1) is 0 Å². The summed E-state index contributed by atoms with van der Waals surface area (Å²) in [5.74, 6) is 0. The van der Waals surface area contributed by atoms with Gasteiger partial charge in [0.15, 0.2) is 0 Å². The van der Waals surface area contributed by atoms with Crippen molar-refractivity contribution < 1.29 is 0 Å². The maximum absolute atomic E-state index is 9.63. The van der Waals surface area contributed by atoms with E-state index < -0.39 is 0 Å². The van der Waals surface area contributed by atoms with E-state index in [2.05, 4.69) is 4.85 Å². The van der Waals surface area contributed by atoms with Crippen molar-refractivity contribution in [3.8, 4) is 40.7 Å². The van der Waals surface area contributed by atoms with Gasteiger partial charge in [0.05, 0.1) is 57.5 Å². The molecule has 3 aromatic carbocycles. The van der Waals surface area contributed by atoms with Crippen molar-refractivity contribution in [3.05, 3.63) is 106 Å². The molecule has 2 heterocycles. The highest BCUT2D eigenvalue weighted by Gasteiger charge is 2.31. The predicted octanol–water partition coefficient (Wildman–Crippen LogP) is 5.59. The Balaban J connectivity index is 1.54. The maximum atomic E-state index is 9.63. The summed E-state index contributed by atoms with van der Waals surface area (Å²) in [5.41, 5.74) is 8.39. The third-order valence-electron chi connectivity index (χ3n) is 6.75. The highest BCUT2D eigenvalue weighted by molar-refractivity contribution is 6.06. The standard InChI is InChI=1S/C30H10N8/c1-34-24(14-33)26-17-7-3-5-9-19(17)28-30(26)38-23-11-20-22(10-21(23)36-28)37-29-25(15(12-31)13-32)16-6-2-4-8-18(16)27(29)35-20/h2-11H/b26-24-. The lowest BCUT2D eigenvalue weighted by molar-refractivity contribution is 1.25. The Kier molecular flexibility index (Phi) is 4.24.